The summed E-state index contributed by atoms with van der Waals surface area (Å²) in [6, 6.07) is 0. The van der Waals surface area contributed by atoms with Crippen LogP contribution in [0.3, 0.4) is 0 Å². The fourth-order valence-corrected chi connectivity index (χ4v) is 1.08. The molecule has 0 radical (unpaired) electrons. The van der Waals surface area contributed by atoms with Crippen LogP contribution in [0.4, 0.5) is 0 Å². The summed E-state index contributed by atoms with van der Waals surface area (Å²) in [7, 11) is 0. The van der Waals surface area contributed by atoms with Crippen molar-refractivity contribution in [2.45, 2.75) is 6.42 Å². The van der Waals surface area contributed by atoms with Crippen molar-refractivity contribution in [2.75, 3.05) is 5.33 Å². The lowest BCUT2D eigenvalue weighted by molar-refractivity contribution is 0.449. The third-order valence-corrected chi connectivity index (χ3v) is 1.52. The Morgan fingerprint density at radius 2 is 2.20 bits per heavy atom. The van der Waals surface area contributed by atoms with Gasteiger partial charge in [-0.25, -0.2) is 4.79 Å². The first-order valence-corrected chi connectivity index (χ1v) is 3.92. The maximum atomic E-state index is 10.5. The molecule has 0 aromatic carbocycles. The van der Waals surface area contributed by atoms with E-state index in [1.54, 1.807) is 0 Å². The van der Waals surface area contributed by atoms with Gasteiger partial charge < -0.3 is 10.1 Å². The van der Waals surface area contributed by atoms with Crippen LogP contribution in [0.5, 0.6) is 5.88 Å². The quantitative estimate of drug-likeness (QED) is 0.612. The van der Waals surface area contributed by atoms with Crippen molar-refractivity contribution in [3.05, 3.63) is 16.2 Å². The largest absolute Gasteiger partial charge is 0.493 e. The fraction of sp³-hybridized carbons (Fsp3) is 0.400. The monoisotopic (exact) mass is 206 g/mol. The number of alkyl halides is 1. The van der Waals surface area contributed by atoms with Crippen LogP contribution in [-0.2, 0) is 6.42 Å². The Hall–Kier alpha value is -0.710. The van der Waals surface area contributed by atoms with Gasteiger partial charge in [-0.1, -0.05) is 15.9 Å². The molecule has 0 aliphatic rings. The molecule has 0 aliphatic carbocycles. The number of aromatic amines is 2. The van der Waals surface area contributed by atoms with Gasteiger partial charge in [-0.05, 0) is 0 Å². The van der Waals surface area contributed by atoms with Crippen LogP contribution in [0.2, 0.25) is 0 Å². The fourth-order valence-electron chi connectivity index (χ4n) is 0.686. The van der Waals surface area contributed by atoms with Crippen molar-refractivity contribution >= 4 is 15.9 Å². The molecular weight excluding hydrogens is 200 g/mol. The summed E-state index contributed by atoms with van der Waals surface area (Å²) in [6.07, 6.45) is 0.616. The summed E-state index contributed by atoms with van der Waals surface area (Å²) in [5, 5.41) is 9.67. The summed E-state index contributed by atoms with van der Waals surface area (Å²) in [5.41, 5.74) is 0.176. The van der Waals surface area contributed by atoms with E-state index in [1.165, 1.54) is 0 Å². The van der Waals surface area contributed by atoms with E-state index < -0.39 is 0 Å². The smallest absolute Gasteiger partial charge is 0.325 e. The van der Waals surface area contributed by atoms with Gasteiger partial charge in [0.1, 0.15) is 0 Å². The maximum Gasteiger partial charge on any atom is 0.325 e. The Kier molecular flexibility index (Phi) is 2.16. The van der Waals surface area contributed by atoms with Crippen LogP contribution >= 0.6 is 15.9 Å². The molecule has 10 heavy (non-hydrogen) atoms. The molecule has 0 aliphatic heterocycles. The van der Waals surface area contributed by atoms with Crippen molar-refractivity contribution in [3.63, 3.8) is 0 Å². The van der Waals surface area contributed by atoms with Crippen molar-refractivity contribution in [1.29, 1.82) is 0 Å². The lowest BCUT2D eigenvalue weighted by Crippen LogP contribution is -2.01. The molecule has 0 spiro atoms. The molecule has 0 fully saturated rings. The van der Waals surface area contributed by atoms with E-state index in [1.807, 2.05) is 0 Å². The van der Waals surface area contributed by atoms with Gasteiger partial charge in [0.2, 0.25) is 5.88 Å². The second-order valence-corrected chi connectivity index (χ2v) is 2.64. The van der Waals surface area contributed by atoms with E-state index in [4.69, 9.17) is 5.11 Å². The van der Waals surface area contributed by atoms with Crippen LogP contribution < -0.4 is 5.69 Å². The number of aromatic hydroxyl groups is 1. The van der Waals surface area contributed by atoms with E-state index >= 15 is 0 Å². The molecule has 56 valence electrons. The average molecular weight is 207 g/mol. The number of hydrogen-bond donors (Lipinski definition) is 3. The lowest BCUT2D eigenvalue weighted by atomic mass is 10.4. The summed E-state index contributed by atoms with van der Waals surface area (Å²) >= 11 is 3.18. The predicted molar refractivity (Wildman–Crippen MR) is 40.6 cm³/mol. The van der Waals surface area contributed by atoms with Gasteiger partial charge in [0, 0.05) is 11.8 Å². The minimum Gasteiger partial charge on any atom is -0.493 e. The molecule has 0 saturated carbocycles. The molecule has 1 rings (SSSR count). The maximum absolute atomic E-state index is 10.5. The number of nitrogens with one attached hydrogen (secondary N) is 2. The Morgan fingerprint density at radius 1 is 1.50 bits per heavy atom. The molecule has 1 aromatic rings. The molecule has 3 N–H and O–H groups in total. The summed E-state index contributed by atoms with van der Waals surface area (Å²) < 4.78 is 0. The third-order valence-electron chi connectivity index (χ3n) is 1.13. The van der Waals surface area contributed by atoms with Crippen molar-refractivity contribution in [2.24, 2.45) is 0 Å². The number of halogens is 1. The number of aromatic nitrogens is 2. The zero-order valence-corrected chi connectivity index (χ0v) is 6.73. The van der Waals surface area contributed by atoms with Crippen molar-refractivity contribution in [3.8, 4) is 5.88 Å². The van der Waals surface area contributed by atoms with Crippen LogP contribution in [-0.4, -0.2) is 20.4 Å². The highest BCUT2D eigenvalue weighted by Gasteiger charge is 2.02. The second-order valence-electron chi connectivity index (χ2n) is 1.85. The van der Waals surface area contributed by atoms with Crippen LogP contribution in [0.15, 0.2) is 4.79 Å². The molecule has 4 nitrogen and oxygen atoms in total. The van der Waals surface area contributed by atoms with E-state index in [-0.39, 0.29) is 11.6 Å². The molecule has 1 aromatic heterocycles. The van der Waals surface area contributed by atoms with Crippen LogP contribution in [0.1, 0.15) is 5.69 Å². The topological polar surface area (TPSA) is 68.9 Å². The highest BCUT2D eigenvalue weighted by atomic mass is 79.9. The van der Waals surface area contributed by atoms with E-state index in [0.717, 1.165) is 0 Å². The molecule has 1 heterocycles. The van der Waals surface area contributed by atoms with E-state index in [9.17, 15) is 4.79 Å². The minimum absolute atomic E-state index is 0.0653. The number of imidazole rings is 1. The molecule has 0 unspecified atom stereocenters. The predicted octanol–water partition coefficient (Wildman–Crippen LogP) is 0.346. The zero-order chi connectivity index (χ0) is 7.56. The molecule has 0 bridgehead atoms. The van der Waals surface area contributed by atoms with Crippen LogP contribution in [0, 0.1) is 0 Å². The Bertz CT molecular complexity index is 265. The van der Waals surface area contributed by atoms with Gasteiger partial charge in [0.25, 0.3) is 0 Å². The standard InChI is InChI=1S/C5H7BrN2O2/c6-2-1-3-4(9)8-5(10)7-3/h9H,1-2H2,(H2,7,8,10). The average Bonchev–Trinajstić information content (AvgIpc) is 2.13. The number of aryl methyl sites for hydroxylation is 1. The number of rotatable bonds is 2. The van der Waals surface area contributed by atoms with Gasteiger partial charge in [-0.3, -0.25) is 4.98 Å². The Balaban J connectivity index is 2.92. The van der Waals surface area contributed by atoms with Crippen molar-refractivity contribution in [1.82, 2.24) is 9.97 Å². The Morgan fingerprint density at radius 3 is 2.60 bits per heavy atom. The first-order chi connectivity index (χ1) is 4.74. The highest BCUT2D eigenvalue weighted by molar-refractivity contribution is 9.09. The van der Waals surface area contributed by atoms with Gasteiger partial charge in [0.15, 0.2) is 0 Å². The lowest BCUT2D eigenvalue weighted by Gasteiger charge is -1.89. The van der Waals surface area contributed by atoms with Crippen LogP contribution in [0.25, 0.3) is 0 Å². The van der Waals surface area contributed by atoms with Gasteiger partial charge >= 0.3 is 5.69 Å². The van der Waals surface area contributed by atoms with Gasteiger partial charge in [-0.15, -0.1) is 0 Å². The molecular formula is C5H7BrN2O2. The van der Waals surface area contributed by atoms with Gasteiger partial charge in [0.05, 0.1) is 5.69 Å². The molecule has 0 amide bonds. The molecule has 5 heteroatoms. The molecule has 0 atom stereocenters. The zero-order valence-electron chi connectivity index (χ0n) is 5.15. The first kappa shape index (κ1) is 7.40. The third kappa shape index (κ3) is 1.41. The second kappa shape index (κ2) is 2.92. The van der Waals surface area contributed by atoms with Gasteiger partial charge in [-0.2, -0.15) is 0 Å². The molecule has 0 saturated heterocycles. The number of H-pyrrole nitrogens is 2. The number of hydrogen-bond acceptors (Lipinski definition) is 2. The summed E-state index contributed by atoms with van der Waals surface area (Å²) in [4.78, 5) is 15.2. The van der Waals surface area contributed by atoms with E-state index in [0.29, 0.717) is 17.4 Å². The Labute approximate surface area is 65.4 Å². The SMILES string of the molecule is O=c1[nH]c(O)c(CCBr)[nH]1. The first-order valence-electron chi connectivity index (χ1n) is 2.80. The normalized spacial score (nSPS) is 10.1. The minimum atomic E-state index is -0.367. The van der Waals surface area contributed by atoms with Crippen molar-refractivity contribution < 1.29 is 5.11 Å². The van der Waals surface area contributed by atoms with E-state index in [2.05, 4.69) is 25.9 Å². The summed E-state index contributed by atoms with van der Waals surface area (Å²) in [5.74, 6) is -0.0653. The highest BCUT2D eigenvalue weighted by Crippen LogP contribution is 2.08. The summed E-state index contributed by atoms with van der Waals surface area (Å²) in [6.45, 7) is 0.